The molecule has 2 N–H and O–H groups in total. The van der Waals surface area contributed by atoms with E-state index in [1.807, 2.05) is 26.2 Å². The fourth-order valence-corrected chi connectivity index (χ4v) is 1.65. The molecule has 0 bridgehead atoms. The zero-order valence-corrected chi connectivity index (χ0v) is 11.9. The van der Waals surface area contributed by atoms with E-state index in [0.717, 1.165) is 5.56 Å². The van der Waals surface area contributed by atoms with Gasteiger partial charge in [-0.25, -0.2) is 0 Å². The van der Waals surface area contributed by atoms with E-state index in [1.165, 1.54) is 0 Å². The van der Waals surface area contributed by atoms with Crippen LogP contribution in [0.2, 0.25) is 0 Å². The summed E-state index contributed by atoms with van der Waals surface area (Å²) in [5, 5.41) is 0. The van der Waals surface area contributed by atoms with Crippen LogP contribution in [0.1, 0.15) is 0 Å². The van der Waals surface area contributed by atoms with Gasteiger partial charge in [0, 0.05) is 25.7 Å². The summed E-state index contributed by atoms with van der Waals surface area (Å²) in [7, 11) is 6.85. The van der Waals surface area contributed by atoms with Crippen LogP contribution in [0.3, 0.4) is 0 Å². The average Bonchev–Trinajstić information content (AvgIpc) is 2.45. The molecule has 2 rings (SSSR count). The van der Waals surface area contributed by atoms with Crippen LogP contribution in [-0.2, 0) is 0 Å². The third kappa shape index (κ3) is 2.87. The second kappa shape index (κ2) is 5.60. The molecule has 1 aromatic carbocycles. The molecule has 0 aliphatic heterocycles. The van der Waals surface area contributed by atoms with Gasteiger partial charge in [-0.1, -0.05) is 0 Å². The van der Waals surface area contributed by atoms with Crippen LogP contribution in [0.15, 0.2) is 18.2 Å². The number of nitrogens with zero attached hydrogens (tertiary/aromatic N) is 4. The van der Waals surface area contributed by atoms with Gasteiger partial charge in [0.25, 0.3) is 0 Å². The zero-order chi connectivity index (χ0) is 14.7. The first-order valence-corrected chi connectivity index (χ1v) is 5.96. The van der Waals surface area contributed by atoms with Gasteiger partial charge in [0.2, 0.25) is 11.9 Å². The van der Waals surface area contributed by atoms with Crippen LogP contribution in [0, 0.1) is 0 Å². The Hall–Kier alpha value is -2.57. The summed E-state index contributed by atoms with van der Waals surface area (Å²) in [5.74, 6) is 2.45. The van der Waals surface area contributed by atoms with Crippen molar-refractivity contribution in [3.63, 3.8) is 0 Å². The maximum atomic E-state index is 5.72. The van der Waals surface area contributed by atoms with E-state index in [4.69, 9.17) is 15.2 Å². The average molecular weight is 275 g/mol. The second-order valence-corrected chi connectivity index (χ2v) is 4.31. The van der Waals surface area contributed by atoms with Gasteiger partial charge in [0.1, 0.15) is 11.5 Å². The summed E-state index contributed by atoms with van der Waals surface area (Å²) in [6.45, 7) is 0. The van der Waals surface area contributed by atoms with Gasteiger partial charge in [-0.2, -0.15) is 15.0 Å². The lowest BCUT2D eigenvalue weighted by atomic mass is 10.2. The van der Waals surface area contributed by atoms with E-state index >= 15 is 0 Å². The van der Waals surface area contributed by atoms with Crippen LogP contribution >= 0.6 is 0 Å². The van der Waals surface area contributed by atoms with Crippen molar-refractivity contribution >= 4 is 11.9 Å². The highest BCUT2D eigenvalue weighted by atomic mass is 16.5. The molecule has 0 fully saturated rings. The van der Waals surface area contributed by atoms with Crippen molar-refractivity contribution in [2.75, 3.05) is 38.9 Å². The van der Waals surface area contributed by atoms with Crippen molar-refractivity contribution in [2.24, 2.45) is 0 Å². The molecule has 0 saturated carbocycles. The van der Waals surface area contributed by atoms with E-state index in [1.54, 1.807) is 25.2 Å². The summed E-state index contributed by atoms with van der Waals surface area (Å²) in [4.78, 5) is 14.3. The number of hydrogen-bond acceptors (Lipinski definition) is 7. The topological polar surface area (TPSA) is 86.4 Å². The molecular formula is C13H17N5O2. The smallest absolute Gasteiger partial charge is 0.230 e. The minimum atomic E-state index is 0.167. The van der Waals surface area contributed by atoms with Crippen molar-refractivity contribution in [1.82, 2.24) is 15.0 Å². The monoisotopic (exact) mass is 275 g/mol. The number of aromatic nitrogens is 3. The highest BCUT2D eigenvalue weighted by Gasteiger charge is 2.11. The van der Waals surface area contributed by atoms with E-state index in [2.05, 4.69) is 15.0 Å². The lowest BCUT2D eigenvalue weighted by Gasteiger charge is -2.12. The Morgan fingerprint density at radius 2 is 1.55 bits per heavy atom. The van der Waals surface area contributed by atoms with Gasteiger partial charge >= 0.3 is 0 Å². The molecule has 7 heteroatoms. The molecular weight excluding hydrogens is 258 g/mol. The Kier molecular flexibility index (Phi) is 3.88. The lowest BCUT2D eigenvalue weighted by Crippen LogP contribution is -2.15. The van der Waals surface area contributed by atoms with Gasteiger partial charge in [-0.05, 0) is 12.1 Å². The van der Waals surface area contributed by atoms with Crippen LogP contribution in [0.25, 0.3) is 11.4 Å². The van der Waals surface area contributed by atoms with E-state index in [-0.39, 0.29) is 5.95 Å². The number of nitrogens with two attached hydrogens (primary N) is 1. The molecule has 1 heterocycles. The van der Waals surface area contributed by atoms with Crippen molar-refractivity contribution < 1.29 is 9.47 Å². The first-order valence-electron chi connectivity index (χ1n) is 5.96. The quantitative estimate of drug-likeness (QED) is 0.897. The van der Waals surface area contributed by atoms with Gasteiger partial charge in [-0.3, -0.25) is 0 Å². The van der Waals surface area contributed by atoms with Crippen molar-refractivity contribution in [1.29, 1.82) is 0 Å². The Morgan fingerprint density at radius 3 is 2.05 bits per heavy atom. The second-order valence-electron chi connectivity index (χ2n) is 4.31. The fraction of sp³-hybridized carbons (Fsp3) is 0.308. The molecule has 0 radical (unpaired) electrons. The van der Waals surface area contributed by atoms with E-state index in [0.29, 0.717) is 23.3 Å². The highest BCUT2D eigenvalue weighted by Crippen LogP contribution is 2.28. The molecule has 0 saturated heterocycles. The normalized spacial score (nSPS) is 10.2. The van der Waals surface area contributed by atoms with Crippen LogP contribution < -0.4 is 20.1 Å². The summed E-state index contributed by atoms with van der Waals surface area (Å²) in [6, 6.07) is 5.41. The first kappa shape index (κ1) is 13.9. The standard InChI is InChI=1S/C13H17N5O2/c1-18(2)13-16-11(15-12(14)17-13)8-5-9(19-3)7-10(6-8)20-4/h5-7H,1-4H3,(H2,14,15,16,17). The minimum Gasteiger partial charge on any atom is -0.497 e. The number of methoxy groups -OCH3 is 2. The molecule has 1 aromatic heterocycles. The third-order valence-corrected chi connectivity index (χ3v) is 2.65. The molecule has 20 heavy (non-hydrogen) atoms. The molecule has 0 amide bonds. The predicted octanol–water partition coefficient (Wildman–Crippen LogP) is 1.20. The van der Waals surface area contributed by atoms with Crippen LogP contribution in [-0.4, -0.2) is 43.3 Å². The summed E-state index contributed by atoms with van der Waals surface area (Å²) >= 11 is 0. The van der Waals surface area contributed by atoms with Gasteiger partial charge < -0.3 is 20.1 Å². The van der Waals surface area contributed by atoms with Crippen LogP contribution in [0.5, 0.6) is 11.5 Å². The molecule has 0 spiro atoms. The van der Waals surface area contributed by atoms with Crippen molar-refractivity contribution in [3.8, 4) is 22.9 Å². The van der Waals surface area contributed by atoms with Crippen molar-refractivity contribution in [3.05, 3.63) is 18.2 Å². The predicted molar refractivity (Wildman–Crippen MR) is 77.1 cm³/mol. The molecule has 0 aliphatic rings. The maximum Gasteiger partial charge on any atom is 0.230 e. The first-order chi connectivity index (χ1) is 9.53. The summed E-state index contributed by atoms with van der Waals surface area (Å²) in [6.07, 6.45) is 0. The number of benzene rings is 1. The molecule has 7 nitrogen and oxygen atoms in total. The van der Waals surface area contributed by atoms with Crippen LogP contribution in [0.4, 0.5) is 11.9 Å². The van der Waals surface area contributed by atoms with E-state index in [9.17, 15) is 0 Å². The van der Waals surface area contributed by atoms with Gasteiger partial charge in [0.05, 0.1) is 14.2 Å². The Morgan fingerprint density at radius 1 is 0.950 bits per heavy atom. The van der Waals surface area contributed by atoms with Crippen molar-refractivity contribution in [2.45, 2.75) is 0 Å². The molecule has 0 atom stereocenters. The molecule has 2 aromatic rings. The minimum absolute atomic E-state index is 0.167. The van der Waals surface area contributed by atoms with Gasteiger partial charge in [-0.15, -0.1) is 0 Å². The SMILES string of the molecule is COc1cc(OC)cc(-c2nc(N)nc(N(C)C)n2)c1. The molecule has 0 aliphatic carbocycles. The lowest BCUT2D eigenvalue weighted by molar-refractivity contribution is 0.394. The number of rotatable bonds is 4. The number of nitrogen functional groups attached to an aromatic ring is 1. The Bertz CT molecular complexity index is 593. The molecule has 0 unspecified atom stereocenters. The fourth-order valence-electron chi connectivity index (χ4n) is 1.65. The number of hydrogen-bond donors (Lipinski definition) is 1. The highest BCUT2D eigenvalue weighted by molar-refractivity contribution is 5.62. The Labute approximate surface area is 117 Å². The number of ether oxygens (including phenoxy) is 2. The largest absolute Gasteiger partial charge is 0.497 e. The maximum absolute atomic E-state index is 5.72. The Balaban J connectivity index is 2.55. The molecule has 106 valence electrons. The third-order valence-electron chi connectivity index (χ3n) is 2.65. The van der Waals surface area contributed by atoms with Gasteiger partial charge in [0.15, 0.2) is 5.82 Å². The number of anilines is 2. The summed E-state index contributed by atoms with van der Waals surface area (Å²) < 4.78 is 10.5. The zero-order valence-electron chi connectivity index (χ0n) is 11.9. The van der Waals surface area contributed by atoms with E-state index < -0.39 is 0 Å². The summed E-state index contributed by atoms with van der Waals surface area (Å²) in [5.41, 5.74) is 6.47.